The molecule has 2 rings (SSSR count). The lowest BCUT2D eigenvalue weighted by Crippen LogP contribution is -2.37. The van der Waals surface area contributed by atoms with Crippen LogP contribution in [0.2, 0.25) is 10.0 Å². The highest BCUT2D eigenvalue weighted by Gasteiger charge is 2.25. The summed E-state index contributed by atoms with van der Waals surface area (Å²) in [5.74, 6) is -0.467. The summed E-state index contributed by atoms with van der Waals surface area (Å²) in [7, 11) is 0. The van der Waals surface area contributed by atoms with E-state index in [0.29, 0.717) is 10.0 Å². The molecule has 1 N–H and O–H groups in total. The topological polar surface area (TPSA) is 40.5 Å². The molecule has 0 amide bonds. The Morgan fingerprint density at radius 1 is 1.45 bits per heavy atom. The quantitative estimate of drug-likeness (QED) is 0.903. The summed E-state index contributed by atoms with van der Waals surface area (Å²) >= 11 is 12.0. The third kappa shape index (κ3) is 3.87. The molecule has 5 heteroatoms. The smallest absolute Gasteiger partial charge is 0.303 e. The molecule has 0 radical (unpaired) electrons. The molecule has 20 heavy (non-hydrogen) atoms. The number of nitrogens with zero attached hydrogens (tertiary/aromatic N) is 1. The van der Waals surface area contributed by atoms with Crippen molar-refractivity contribution in [2.75, 3.05) is 13.1 Å². The predicted molar refractivity (Wildman–Crippen MR) is 81.4 cm³/mol. The van der Waals surface area contributed by atoms with Crippen molar-refractivity contribution in [3.63, 3.8) is 0 Å². The second-order valence-electron chi connectivity index (χ2n) is 5.45. The molecule has 0 aromatic heterocycles. The van der Waals surface area contributed by atoms with Crippen LogP contribution in [0.1, 0.15) is 37.8 Å². The van der Waals surface area contributed by atoms with E-state index in [-0.39, 0.29) is 18.4 Å². The van der Waals surface area contributed by atoms with Crippen LogP contribution in [0, 0.1) is 5.92 Å². The molecule has 1 heterocycles. The van der Waals surface area contributed by atoms with E-state index in [1.807, 2.05) is 18.2 Å². The maximum absolute atomic E-state index is 10.8. The molecule has 0 spiro atoms. The number of likely N-dealkylation sites (tertiary alicyclic amines) is 1. The second kappa shape index (κ2) is 6.79. The van der Waals surface area contributed by atoms with Crippen LogP contribution in [-0.2, 0) is 4.79 Å². The van der Waals surface area contributed by atoms with E-state index >= 15 is 0 Å². The normalized spacial score (nSPS) is 21.6. The van der Waals surface area contributed by atoms with Crippen molar-refractivity contribution in [1.82, 2.24) is 4.90 Å². The lowest BCUT2D eigenvalue weighted by molar-refractivity contribution is -0.138. The Kier molecular flexibility index (Phi) is 5.30. The largest absolute Gasteiger partial charge is 0.481 e. The average molecular weight is 316 g/mol. The average Bonchev–Trinajstić information content (AvgIpc) is 2.40. The van der Waals surface area contributed by atoms with Crippen molar-refractivity contribution in [1.29, 1.82) is 0 Å². The number of piperidine rings is 1. The number of hydrogen-bond acceptors (Lipinski definition) is 2. The van der Waals surface area contributed by atoms with E-state index in [4.69, 9.17) is 28.3 Å². The lowest BCUT2D eigenvalue weighted by Gasteiger charge is -2.36. The van der Waals surface area contributed by atoms with E-state index < -0.39 is 5.97 Å². The minimum atomic E-state index is -0.709. The number of carbonyl (C=O) groups is 1. The van der Waals surface area contributed by atoms with Crippen LogP contribution >= 0.6 is 23.2 Å². The molecule has 1 aliphatic heterocycles. The summed E-state index contributed by atoms with van der Waals surface area (Å²) in [6.45, 7) is 3.95. The highest BCUT2D eigenvalue weighted by molar-refractivity contribution is 6.42. The van der Waals surface area contributed by atoms with E-state index in [1.54, 1.807) is 0 Å². The Morgan fingerprint density at radius 3 is 2.85 bits per heavy atom. The minimum Gasteiger partial charge on any atom is -0.481 e. The first-order chi connectivity index (χ1) is 9.47. The Balaban J connectivity index is 2.05. The van der Waals surface area contributed by atoms with Gasteiger partial charge in [0.15, 0.2) is 0 Å². The zero-order valence-corrected chi connectivity index (χ0v) is 13.0. The Morgan fingerprint density at radius 2 is 2.20 bits per heavy atom. The second-order valence-corrected chi connectivity index (χ2v) is 6.26. The van der Waals surface area contributed by atoms with Gasteiger partial charge in [0.25, 0.3) is 0 Å². The lowest BCUT2D eigenvalue weighted by atomic mass is 9.93. The number of hydrogen-bond donors (Lipinski definition) is 1. The van der Waals surface area contributed by atoms with E-state index in [9.17, 15) is 4.79 Å². The zero-order chi connectivity index (χ0) is 14.7. The van der Waals surface area contributed by atoms with Crippen molar-refractivity contribution in [3.8, 4) is 0 Å². The fourth-order valence-corrected chi connectivity index (χ4v) is 3.15. The van der Waals surface area contributed by atoms with Crippen molar-refractivity contribution in [3.05, 3.63) is 33.8 Å². The molecule has 110 valence electrons. The molecule has 1 aromatic rings. The van der Waals surface area contributed by atoms with Gasteiger partial charge >= 0.3 is 5.97 Å². The highest BCUT2D eigenvalue weighted by atomic mass is 35.5. The summed E-state index contributed by atoms with van der Waals surface area (Å²) < 4.78 is 0. The van der Waals surface area contributed by atoms with Gasteiger partial charge in [0.1, 0.15) is 0 Å². The maximum atomic E-state index is 10.8. The third-order valence-corrected chi connectivity index (χ3v) is 4.73. The molecule has 0 bridgehead atoms. The SMILES string of the molecule is CC(c1ccc(Cl)c(Cl)c1)N1CCCC(CC(=O)O)C1. The van der Waals surface area contributed by atoms with Crippen molar-refractivity contribution < 1.29 is 9.90 Å². The predicted octanol–water partition coefficient (Wildman–Crippen LogP) is 4.24. The van der Waals surface area contributed by atoms with Crippen LogP contribution in [-0.4, -0.2) is 29.1 Å². The Labute approximate surface area is 129 Å². The Hall–Kier alpha value is -0.770. The van der Waals surface area contributed by atoms with E-state index in [2.05, 4.69) is 11.8 Å². The van der Waals surface area contributed by atoms with E-state index in [0.717, 1.165) is 31.5 Å². The summed E-state index contributed by atoms with van der Waals surface area (Å²) in [5.41, 5.74) is 1.12. The fraction of sp³-hybridized carbons (Fsp3) is 0.533. The molecule has 1 aromatic carbocycles. The van der Waals surface area contributed by atoms with Gasteiger partial charge in [-0.2, -0.15) is 0 Å². The van der Waals surface area contributed by atoms with Gasteiger partial charge < -0.3 is 5.11 Å². The molecule has 0 saturated carbocycles. The fourth-order valence-electron chi connectivity index (χ4n) is 2.85. The first-order valence-electron chi connectivity index (χ1n) is 6.88. The van der Waals surface area contributed by atoms with Crippen molar-refractivity contribution in [2.24, 2.45) is 5.92 Å². The first kappa shape index (κ1) is 15.6. The van der Waals surface area contributed by atoms with Crippen LogP contribution in [0.4, 0.5) is 0 Å². The highest BCUT2D eigenvalue weighted by Crippen LogP contribution is 2.31. The number of benzene rings is 1. The zero-order valence-electron chi connectivity index (χ0n) is 11.5. The van der Waals surface area contributed by atoms with Gasteiger partial charge in [-0.25, -0.2) is 0 Å². The van der Waals surface area contributed by atoms with Gasteiger partial charge in [-0.3, -0.25) is 9.69 Å². The van der Waals surface area contributed by atoms with Gasteiger partial charge in [-0.15, -0.1) is 0 Å². The molecule has 2 unspecified atom stereocenters. The van der Waals surface area contributed by atoms with Gasteiger partial charge in [-0.05, 0) is 49.9 Å². The maximum Gasteiger partial charge on any atom is 0.303 e. The van der Waals surface area contributed by atoms with Crippen LogP contribution < -0.4 is 0 Å². The summed E-state index contributed by atoms with van der Waals surface area (Å²) in [6.07, 6.45) is 2.30. The van der Waals surface area contributed by atoms with Gasteiger partial charge in [0.2, 0.25) is 0 Å². The molecule has 1 fully saturated rings. The first-order valence-corrected chi connectivity index (χ1v) is 7.63. The molecule has 1 aliphatic rings. The third-order valence-electron chi connectivity index (χ3n) is 3.99. The van der Waals surface area contributed by atoms with Gasteiger partial charge in [-0.1, -0.05) is 29.3 Å². The summed E-state index contributed by atoms with van der Waals surface area (Å²) in [5, 5.41) is 10.0. The molecular formula is C15H19Cl2NO2. The number of carboxylic acids is 1. The molecule has 1 saturated heterocycles. The molecule has 0 aliphatic carbocycles. The Bertz CT molecular complexity index is 493. The van der Waals surface area contributed by atoms with Crippen molar-refractivity contribution >= 4 is 29.2 Å². The van der Waals surface area contributed by atoms with Crippen LogP contribution in [0.3, 0.4) is 0 Å². The summed E-state index contributed by atoms with van der Waals surface area (Å²) in [6, 6.07) is 5.92. The van der Waals surface area contributed by atoms with Crippen LogP contribution in [0.15, 0.2) is 18.2 Å². The monoisotopic (exact) mass is 315 g/mol. The van der Waals surface area contributed by atoms with Crippen molar-refractivity contribution in [2.45, 2.75) is 32.2 Å². The number of carboxylic acid groups (broad SMARTS) is 1. The van der Waals surface area contributed by atoms with Gasteiger partial charge in [0, 0.05) is 19.0 Å². The minimum absolute atomic E-state index is 0.223. The van der Waals surface area contributed by atoms with Gasteiger partial charge in [0.05, 0.1) is 10.0 Å². The number of rotatable bonds is 4. The molecule has 2 atom stereocenters. The number of halogens is 2. The molecular weight excluding hydrogens is 297 g/mol. The number of aliphatic carboxylic acids is 1. The van der Waals surface area contributed by atoms with Crippen LogP contribution in [0.25, 0.3) is 0 Å². The summed E-state index contributed by atoms with van der Waals surface area (Å²) in [4.78, 5) is 13.2. The molecule has 3 nitrogen and oxygen atoms in total. The van der Waals surface area contributed by atoms with Crippen LogP contribution in [0.5, 0.6) is 0 Å². The van der Waals surface area contributed by atoms with E-state index in [1.165, 1.54) is 0 Å². The standard InChI is InChI=1S/C15H19Cl2NO2/c1-10(12-4-5-13(16)14(17)8-12)18-6-2-3-11(9-18)7-15(19)20/h4-5,8,10-11H,2-3,6-7,9H2,1H3,(H,19,20).